The Hall–Kier alpha value is -1.70. The third kappa shape index (κ3) is 5.89. The standard InChI is InChI=1S/C19H28N4O3.ClH/c24-17(18(19(25)26)15-1-6-20-7-2-15)5-10-22-11-13-23(14-12-22)16-3-8-21-9-4-16;/h3-4,8-9,15,18,20H,1-2,5-7,10-14H2,(H,25,26);1H. The van der Waals surface area contributed by atoms with Crippen LogP contribution in [0.3, 0.4) is 0 Å². The summed E-state index contributed by atoms with van der Waals surface area (Å²) in [4.78, 5) is 32.8. The number of pyridine rings is 1. The van der Waals surface area contributed by atoms with Crippen LogP contribution in [0.25, 0.3) is 0 Å². The number of rotatable bonds is 7. The van der Waals surface area contributed by atoms with Gasteiger partial charge in [-0.1, -0.05) is 0 Å². The molecule has 0 aliphatic carbocycles. The molecular formula is C19H29ClN4O3. The molecule has 2 saturated heterocycles. The van der Waals surface area contributed by atoms with E-state index in [1.54, 1.807) is 12.4 Å². The zero-order valence-electron chi connectivity index (χ0n) is 15.5. The summed E-state index contributed by atoms with van der Waals surface area (Å²) in [6.45, 7) is 5.86. The van der Waals surface area contributed by atoms with Gasteiger partial charge in [-0.25, -0.2) is 0 Å². The van der Waals surface area contributed by atoms with E-state index in [0.29, 0.717) is 13.0 Å². The second-order valence-electron chi connectivity index (χ2n) is 7.15. The Morgan fingerprint density at radius 1 is 1.15 bits per heavy atom. The molecule has 3 rings (SSSR count). The van der Waals surface area contributed by atoms with Gasteiger partial charge >= 0.3 is 5.97 Å². The number of halogens is 1. The van der Waals surface area contributed by atoms with E-state index >= 15 is 0 Å². The van der Waals surface area contributed by atoms with Gasteiger partial charge in [-0.05, 0) is 44.0 Å². The van der Waals surface area contributed by atoms with E-state index in [9.17, 15) is 14.7 Å². The molecule has 0 bridgehead atoms. The molecule has 2 fully saturated rings. The second-order valence-corrected chi connectivity index (χ2v) is 7.15. The number of carboxylic acids is 1. The fraction of sp³-hybridized carbons (Fsp3) is 0.632. The Kier molecular flexibility index (Phi) is 8.47. The highest BCUT2D eigenvalue weighted by atomic mass is 35.5. The number of Topliss-reactive ketones (excluding diaryl/α,β-unsaturated/α-hetero) is 1. The third-order valence-electron chi connectivity index (χ3n) is 5.54. The number of ketones is 1. The molecule has 2 N–H and O–H groups in total. The summed E-state index contributed by atoms with van der Waals surface area (Å²) in [5.74, 6) is -1.93. The first-order valence-corrected chi connectivity index (χ1v) is 9.48. The largest absolute Gasteiger partial charge is 0.481 e. The maximum Gasteiger partial charge on any atom is 0.314 e. The fourth-order valence-corrected chi connectivity index (χ4v) is 3.99. The molecule has 3 heterocycles. The van der Waals surface area contributed by atoms with Crippen LogP contribution in [0.1, 0.15) is 19.3 Å². The summed E-state index contributed by atoms with van der Waals surface area (Å²) in [6.07, 6.45) is 5.47. The van der Waals surface area contributed by atoms with E-state index in [0.717, 1.165) is 52.1 Å². The van der Waals surface area contributed by atoms with E-state index in [2.05, 4.69) is 20.1 Å². The highest BCUT2D eigenvalue weighted by molar-refractivity contribution is 5.98. The molecular weight excluding hydrogens is 368 g/mol. The molecule has 2 aliphatic heterocycles. The number of carbonyl (C=O) groups is 2. The van der Waals surface area contributed by atoms with Gasteiger partial charge in [0.2, 0.25) is 0 Å². The van der Waals surface area contributed by atoms with Crippen molar-refractivity contribution in [3.05, 3.63) is 24.5 Å². The highest BCUT2D eigenvalue weighted by Crippen LogP contribution is 2.24. The number of aromatic nitrogens is 1. The minimum atomic E-state index is -0.954. The van der Waals surface area contributed by atoms with Gasteiger partial charge < -0.3 is 15.3 Å². The lowest BCUT2D eigenvalue weighted by atomic mass is 9.81. The lowest BCUT2D eigenvalue weighted by molar-refractivity contribution is -0.149. The van der Waals surface area contributed by atoms with E-state index in [-0.39, 0.29) is 24.1 Å². The molecule has 0 amide bonds. The van der Waals surface area contributed by atoms with Crippen LogP contribution in [0.15, 0.2) is 24.5 Å². The van der Waals surface area contributed by atoms with Crippen LogP contribution >= 0.6 is 12.4 Å². The molecule has 150 valence electrons. The van der Waals surface area contributed by atoms with Crippen LogP contribution < -0.4 is 10.2 Å². The molecule has 1 aromatic rings. The van der Waals surface area contributed by atoms with Gasteiger partial charge in [0.05, 0.1) is 0 Å². The number of aliphatic carboxylic acids is 1. The number of hydrogen-bond donors (Lipinski definition) is 2. The Morgan fingerprint density at radius 3 is 2.37 bits per heavy atom. The average molecular weight is 397 g/mol. The van der Waals surface area contributed by atoms with Crippen molar-refractivity contribution in [1.29, 1.82) is 0 Å². The lowest BCUT2D eigenvalue weighted by Crippen LogP contribution is -2.47. The number of nitrogens with one attached hydrogen (secondary N) is 1. The number of anilines is 1. The van der Waals surface area contributed by atoms with Crippen molar-refractivity contribution in [3.63, 3.8) is 0 Å². The summed E-state index contributed by atoms with van der Waals surface area (Å²) in [5, 5.41) is 12.8. The normalized spacial score (nSPS) is 19.9. The summed E-state index contributed by atoms with van der Waals surface area (Å²) < 4.78 is 0. The first-order chi connectivity index (χ1) is 12.6. The smallest absolute Gasteiger partial charge is 0.314 e. The lowest BCUT2D eigenvalue weighted by Gasteiger charge is -2.36. The first-order valence-electron chi connectivity index (χ1n) is 9.48. The van der Waals surface area contributed by atoms with Gasteiger partial charge in [-0.15, -0.1) is 12.4 Å². The predicted octanol–water partition coefficient (Wildman–Crippen LogP) is 1.28. The Bertz CT molecular complexity index is 602. The van der Waals surface area contributed by atoms with Crippen LogP contribution in [0.2, 0.25) is 0 Å². The van der Waals surface area contributed by atoms with E-state index in [1.165, 1.54) is 5.69 Å². The zero-order valence-corrected chi connectivity index (χ0v) is 16.4. The number of piperazine rings is 1. The molecule has 1 aromatic heterocycles. The first kappa shape index (κ1) is 21.6. The zero-order chi connectivity index (χ0) is 18.4. The van der Waals surface area contributed by atoms with Gasteiger partial charge in [0.25, 0.3) is 0 Å². The van der Waals surface area contributed by atoms with Gasteiger partial charge in [-0.2, -0.15) is 0 Å². The van der Waals surface area contributed by atoms with Gasteiger partial charge in [-0.3, -0.25) is 19.5 Å². The minimum Gasteiger partial charge on any atom is -0.481 e. The topological polar surface area (TPSA) is 85.8 Å². The molecule has 2 aliphatic rings. The van der Waals surface area contributed by atoms with Gasteiger partial charge in [0.15, 0.2) is 0 Å². The SMILES string of the molecule is Cl.O=C(O)C(C(=O)CCN1CCN(c2ccncc2)CC1)C1CCNCC1. The quantitative estimate of drug-likeness (QED) is 0.671. The molecule has 0 saturated carbocycles. The van der Waals surface area contributed by atoms with Gasteiger partial charge in [0, 0.05) is 57.2 Å². The average Bonchev–Trinajstić information content (AvgIpc) is 2.68. The van der Waals surface area contributed by atoms with Crippen molar-refractivity contribution in [3.8, 4) is 0 Å². The number of carboxylic acid groups (broad SMARTS) is 1. The molecule has 0 aromatic carbocycles. The number of piperidine rings is 1. The van der Waals surface area contributed by atoms with E-state index < -0.39 is 11.9 Å². The Morgan fingerprint density at radius 2 is 1.78 bits per heavy atom. The number of nitrogens with zero attached hydrogens (tertiary/aromatic N) is 3. The van der Waals surface area contributed by atoms with Gasteiger partial charge in [0.1, 0.15) is 11.7 Å². The minimum absolute atomic E-state index is 0. The number of hydrogen-bond acceptors (Lipinski definition) is 6. The summed E-state index contributed by atoms with van der Waals surface area (Å²) in [5.41, 5.74) is 1.17. The second kappa shape index (κ2) is 10.6. The van der Waals surface area contributed by atoms with Crippen LogP contribution in [-0.2, 0) is 9.59 Å². The van der Waals surface area contributed by atoms with Crippen molar-refractivity contribution in [2.24, 2.45) is 11.8 Å². The van der Waals surface area contributed by atoms with Crippen LogP contribution in [0.5, 0.6) is 0 Å². The maximum atomic E-state index is 12.6. The van der Waals surface area contributed by atoms with Crippen molar-refractivity contribution >= 4 is 29.8 Å². The van der Waals surface area contributed by atoms with Crippen LogP contribution in [0, 0.1) is 11.8 Å². The highest BCUT2D eigenvalue weighted by Gasteiger charge is 2.35. The molecule has 1 unspecified atom stereocenters. The third-order valence-corrected chi connectivity index (χ3v) is 5.54. The Balaban J connectivity index is 0.00000261. The van der Waals surface area contributed by atoms with Crippen molar-refractivity contribution in [1.82, 2.24) is 15.2 Å². The van der Waals surface area contributed by atoms with E-state index in [1.807, 2.05) is 12.1 Å². The van der Waals surface area contributed by atoms with Crippen LogP contribution in [-0.4, -0.2) is 72.6 Å². The van der Waals surface area contributed by atoms with Crippen molar-refractivity contribution in [2.45, 2.75) is 19.3 Å². The summed E-state index contributed by atoms with van der Waals surface area (Å²) >= 11 is 0. The van der Waals surface area contributed by atoms with Crippen LogP contribution in [0.4, 0.5) is 5.69 Å². The molecule has 1 atom stereocenters. The van der Waals surface area contributed by atoms with Crippen molar-refractivity contribution in [2.75, 3.05) is 50.7 Å². The predicted molar refractivity (Wildman–Crippen MR) is 106 cm³/mol. The molecule has 0 spiro atoms. The summed E-state index contributed by atoms with van der Waals surface area (Å²) in [7, 11) is 0. The molecule has 8 heteroatoms. The molecule has 0 radical (unpaired) electrons. The van der Waals surface area contributed by atoms with Crippen molar-refractivity contribution < 1.29 is 14.7 Å². The number of carbonyl (C=O) groups excluding carboxylic acids is 1. The molecule has 7 nitrogen and oxygen atoms in total. The Labute approximate surface area is 166 Å². The maximum absolute atomic E-state index is 12.6. The fourth-order valence-electron chi connectivity index (χ4n) is 3.99. The van der Waals surface area contributed by atoms with E-state index in [4.69, 9.17) is 0 Å². The summed E-state index contributed by atoms with van der Waals surface area (Å²) in [6, 6.07) is 4.02. The molecule has 27 heavy (non-hydrogen) atoms. The monoisotopic (exact) mass is 396 g/mol.